The molecule has 0 N–H and O–H groups in total. The Balaban J connectivity index is 2.70. The number of amides is 1. The first-order valence-electron chi connectivity index (χ1n) is 5.17. The van der Waals surface area contributed by atoms with Crippen LogP contribution in [-0.2, 0) is 4.74 Å². The van der Waals surface area contributed by atoms with Crippen LogP contribution in [0.2, 0.25) is 0 Å². The molecule has 0 fully saturated rings. The van der Waals surface area contributed by atoms with E-state index in [1.807, 2.05) is 33.9 Å². The average molecular weight is 276 g/mol. The Morgan fingerprint density at radius 1 is 1.60 bits per heavy atom. The summed E-state index contributed by atoms with van der Waals surface area (Å²) in [6.07, 6.45) is 3.51. The molecule has 1 atom stereocenters. The standard InChI is InChI=1S/C11H18BrNO2/c1-8-5-6-9(12)7-13(8)10(14)15-11(2,3)4/h7-8H,5-6H2,1-4H3. The van der Waals surface area contributed by atoms with E-state index in [2.05, 4.69) is 15.9 Å². The average Bonchev–Trinajstić information content (AvgIpc) is 2.06. The van der Waals surface area contributed by atoms with Crippen molar-refractivity contribution in [3.8, 4) is 0 Å². The maximum Gasteiger partial charge on any atom is 0.414 e. The van der Waals surface area contributed by atoms with Crippen molar-refractivity contribution in [2.24, 2.45) is 0 Å². The number of hydrogen-bond acceptors (Lipinski definition) is 2. The van der Waals surface area contributed by atoms with E-state index in [9.17, 15) is 4.79 Å². The summed E-state index contributed by atoms with van der Waals surface area (Å²) in [6.45, 7) is 7.65. The summed E-state index contributed by atoms with van der Waals surface area (Å²) in [6, 6.07) is 0.209. The third kappa shape index (κ3) is 3.86. The minimum Gasteiger partial charge on any atom is -0.443 e. The summed E-state index contributed by atoms with van der Waals surface area (Å²) in [5.74, 6) is 0. The van der Waals surface area contributed by atoms with Gasteiger partial charge in [-0.1, -0.05) is 15.9 Å². The van der Waals surface area contributed by atoms with Crippen LogP contribution in [0.15, 0.2) is 10.7 Å². The second kappa shape index (κ2) is 4.56. The van der Waals surface area contributed by atoms with Crippen molar-refractivity contribution in [1.82, 2.24) is 4.90 Å². The van der Waals surface area contributed by atoms with Crippen molar-refractivity contribution >= 4 is 22.0 Å². The number of ether oxygens (including phenoxy) is 1. The van der Waals surface area contributed by atoms with E-state index in [1.54, 1.807) is 4.90 Å². The van der Waals surface area contributed by atoms with Gasteiger partial charge in [0, 0.05) is 16.7 Å². The van der Waals surface area contributed by atoms with E-state index >= 15 is 0 Å². The van der Waals surface area contributed by atoms with Crippen molar-refractivity contribution in [1.29, 1.82) is 0 Å². The van der Waals surface area contributed by atoms with Gasteiger partial charge in [-0.2, -0.15) is 0 Å². The molecular weight excluding hydrogens is 258 g/mol. The Morgan fingerprint density at radius 2 is 2.20 bits per heavy atom. The number of hydrogen-bond donors (Lipinski definition) is 0. The molecule has 1 aliphatic heterocycles. The molecule has 1 aliphatic rings. The lowest BCUT2D eigenvalue weighted by molar-refractivity contribution is 0.0264. The summed E-state index contributed by atoms with van der Waals surface area (Å²) in [5, 5.41) is 0. The molecular formula is C11H18BrNO2. The summed E-state index contributed by atoms with van der Waals surface area (Å²) in [5.41, 5.74) is -0.436. The second-order valence-electron chi connectivity index (χ2n) is 4.85. The fraction of sp³-hybridized carbons (Fsp3) is 0.727. The molecule has 0 aromatic carbocycles. The van der Waals surface area contributed by atoms with Crippen LogP contribution < -0.4 is 0 Å². The number of nitrogens with zero attached hydrogens (tertiary/aromatic N) is 1. The first-order valence-corrected chi connectivity index (χ1v) is 5.96. The Labute approximate surface area is 99.6 Å². The molecule has 0 bridgehead atoms. The summed E-state index contributed by atoms with van der Waals surface area (Å²) < 4.78 is 6.37. The van der Waals surface area contributed by atoms with Crippen molar-refractivity contribution in [2.45, 2.75) is 52.2 Å². The maximum atomic E-state index is 11.8. The zero-order valence-corrected chi connectivity index (χ0v) is 11.3. The van der Waals surface area contributed by atoms with Crippen molar-refractivity contribution < 1.29 is 9.53 Å². The number of halogens is 1. The largest absolute Gasteiger partial charge is 0.443 e. The third-order valence-corrected chi connectivity index (χ3v) is 2.76. The van der Waals surface area contributed by atoms with Crippen molar-refractivity contribution in [3.63, 3.8) is 0 Å². The molecule has 86 valence electrons. The summed E-state index contributed by atoms with van der Waals surface area (Å²) >= 11 is 3.42. The van der Waals surface area contributed by atoms with Gasteiger partial charge in [-0.15, -0.1) is 0 Å². The highest BCUT2D eigenvalue weighted by molar-refractivity contribution is 9.11. The fourth-order valence-corrected chi connectivity index (χ4v) is 1.83. The van der Waals surface area contributed by atoms with Crippen LogP contribution in [0.3, 0.4) is 0 Å². The number of carbonyl (C=O) groups excluding carboxylic acids is 1. The molecule has 0 aromatic heterocycles. The van der Waals surface area contributed by atoms with Gasteiger partial charge in [-0.25, -0.2) is 4.79 Å². The Kier molecular flexibility index (Phi) is 3.82. The fourth-order valence-electron chi connectivity index (χ4n) is 1.38. The Morgan fingerprint density at radius 3 is 2.73 bits per heavy atom. The third-order valence-electron chi connectivity index (χ3n) is 2.16. The van der Waals surface area contributed by atoms with Gasteiger partial charge in [0.15, 0.2) is 0 Å². The van der Waals surface area contributed by atoms with Crippen LogP contribution in [-0.4, -0.2) is 22.6 Å². The highest BCUT2D eigenvalue weighted by Gasteiger charge is 2.27. The van der Waals surface area contributed by atoms with Crippen LogP contribution in [0.25, 0.3) is 0 Å². The predicted octanol–water partition coefficient (Wildman–Crippen LogP) is 3.64. The number of allylic oxidation sites excluding steroid dienone is 1. The Bertz CT molecular complexity index is 281. The molecule has 3 nitrogen and oxygen atoms in total. The maximum absolute atomic E-state index is 11.8. The summed E-state index contributed by atoms with van der Waals surface area (Å²) in [7, 11) is 0. The smallest absolute Gasteiger partial charge is 0.414 e. The predicted molar refractivity (Wildman–Crippen MR) is 63.8 cm³/mol. The molecule has 0 saturated heterocycles. The van der Waals surface area contributed by atoms with E-state index in [0.717, 1.165) is 17.3 Å². The molecule has 0 aromatic rings. The van der Waals surface area contributed by atoms with Gasteiger partial charge in [-0.3, -0.25) is 4.90 Å². The zero-order chi connectivity index (χ0) is 11.6. The van der Waals surface area contributed by atoms with Gasteiger partial charge in [0.1, 0.15) is 5.60 Å². The van der Waals surface area contributed by atoms with E-state index in [0.29, 0.717) is 0 Å². The van der Waals surface area contributed by atoms with Gasteiger partial charge >= 0.3 is 6.09 Å². The molecule has 1 amide bonds. The highest BCUT2D eigenvalue weighted by atomic mass is 79.9. The van der Waals surface area contributed by atoms with Crippen LogP contribution in [0.4, 0.5) is 4.79 Å². The van der Waals surface area contributed by atoms with Crippen LogP contribution in [0.1, 0.15) is 40.5 Å². The van der Waals surface area contributed by atoms with Crippen molar-refractivity contribution in [2.75, 3.05) is 0 Å². The van der Waals surface area contributed by atoms with Crippen molar-refractivity contribution in [3.05, 3.63) is 10.7 Å². The van der Waals surface area contributed by atoms with E-state index in [-0.39, 0.29) is 12.1 Å². The monoisotopic (exact) mass is 275 g/mol. The van der Waals surface area contributed by atoms with Crippen LogP contribution in [0, 0.1) is 0 Å². The minimum atomic E-state index is -0.436. The molecule has 4 heteroatoms. The van der Waals surface area contributed by atoms with Gasteiger partial charge in [0.05, 0.1) is 0 Å². The van der Waals surface area contributed by atoms with E-state index in [4.69, 9.17) is 4.74 Å². The number of carbonyl (C=O) groups is 1. The Hall–Kier alpha value is -0.510. The molecule has 0 aliphatic carbocycles. The topological polar surface area (TPSA) is 29.5 Å². The molecule has 0 radical (unpaired) electrons. The lowest BCUT2D eigenvalue weighted by Gasteiger charge is -2.32. The van der Waals surface area contributed by atoms with Gasteiger partial charge in [0.25, 0.3) is 0 Å². The van der Waals surface area contributed by atoms with Crippen LogP contribution >= 0.6 is 15.9 Å². The lowest BCUT2D eigenvalue weighted by atomic mass is 10.1. The lowest BCUT2D eigenvalue weighted by Crippen LogP contribution is -2.40. The summed E-state index contributed by atoms with van der Waals surface area (Å²) in [4.78, 5) is 13.5. The molecule has 1 rings (SSSR count). The second-order valence-corrected chi connectivity index (χ2v) is 5.87. The van der Waals surface area contributed by atoms with Gasteiger partial charge in [-0.05, 0) is 40.5 Å². The molecule has 15 heavy (non-hydrogen) atoms. The molecule has 1 unspecified atom stereocenters. The van der Waals surface area contributed by atoms with Gasteiger partial charge in [0.2, 0.25) is 0 Å². The first kappa shape index (κ1) is 12.6. The van der Waals surface area contributed by atoms with Crippen LogP contribution in [0.5, 0.6) is 0 Å². The normalized spacial score (nSPS) is 22.3. The SMILES string of the molecule is CC1CCC(Br)=CN1C(=O)OC(C)(C)C. The molecule has 0 spiro atoms. The quantitative estimate of drug-likeness (QED) is 0.676. The molecule has 0 saturated carbocycles. The number of rotatable bonds is 0. The minimum absolute atomic E-state index is 0.209. The molecule has 1 heterocycles. The van der Waals surface area contributed by atoms with E-state index in [1.165, 1.54) is 0 Å². The zero-order valence-electron chi connectivity index (χ0n) is 9.71. The van der Waals surface area contributed by atoms with E-state index < -0.39 is 5.60 Å². The first-order chi connectivity index (χ1) is 6.79. The van der Waals surface area contributed by atoms with Gasteiger partial charge < -0.3 is 4.74 Å². The highest BCUT2D eigenvalue weighted by Crippen LogP contribution is 2.25.